The zero-order valence-electron chi connectivity index (χ0n) is 34.8. The lowest BCUT2D eigenvalue weighted by molar-refractivity contribution is 1.18. The van der Waals surface area contributed by atoms with Gasteiger partial charge in [0.05, 0.1) is 27.8 Å². The summed E-state index contributed by atoms with van der Waals surface area (Å²) >= 11 is 0. The molecule has 2 heterocycles. The fraction of sp³-hybridized carbons (Fsp3) is 0. The van der Waals surface area contributed by atoms with Crippen LogP contribution in [0.1, 0.15) is 0 Å². The lowest BCUT2D eigenvalue weighted by Gasteiger charge is -2.16. The van der Waals surface area contributed by atoms with Crippen LogP contribution in [-0.2, 0) is 0 Å². The Bertz CT molecular complexity index is 4020. The van der Waals surface area contributed by atoms with Crippen LogP contribution in [0.3, 0.4) is 0 Å². The number of hydrogen-bond acceptors (Lipinski definition) is 0. The third-order valence-corrected chi connectivity index (χ3v) is 13.9. The van der Waals surface area contributed by atoms with Crippen LogP contribution in [0, 0.1) is 0 Å². The van der Waals surface area contributed by atoms with E-state index in [1.165, 1.54) is 121 Å². The fourth-order valence-electron chi connectivity index (χ4n) is 11.0. The molecule has 1 aliphatic rings. The Hall–Kier alpha value is -8.46. The molecule has 14 rings (SSSR count). The van der Waals surface area contributed by atoms with E-state index in [-0.39, 0.29) is 0 Å². The van der Waals surface area contributed by atoms with Crippen LogP contribution in [0.4, 0.5) is 0 Å². The van der Waals surface area contributed by atoms with E-state index in [1.54, 1.807) is 0 Å². The summed E-state index contributed by atoms with van der Waals surface area (Å²) in [7, 11) is 0. The zero-order valence-corrected chi connectivity index (χ0v) is 34.8. The third-order valence-electron chi connectivity index (χ3n) is 13.9. The highest BCUT2D eigenvalue weighted by Crippen LogP contribution is 2.49. The number of aromatic nitrogens is 2. The van der Waals surface area contributed by atoms with Crippen molar-refractivity contribution in [2.24, 2.45) is 0 Å². The number of para-hydroxylation sites is 3. The standard InChI is InChI=1S/C62H38N2/c1-2-14-44(15-3-1)63-58-24-11-9-20-50(58)51-32-30-42(37-59(51)63)43-31-33-52-56-34-29-39-13-4-5-17-47(39)62(56)64(60(52)38-43)57-23-10-8-16-46(57)41-27-25-40(26-28-41)45-35-36-55-49-19-7-6-18-48(49)54-22-12-21-53(45)61(54)55/h1-38H. The minimum atomic E-state index is 1.16. The molecular formula is C62H38N2. The van der Waals surface area contributed by atoms with Crippen molar-refractivity contribution < 1.29 is 0 Å². The summed E-state index contributed by atoms with van der Waals surface area (Å²) in [6.07, 6.45) is 0. The molecule has 0 saturated carbocycles. The van der Waals surface area contributed by atoms with Gasteiger partial charge in [0.25, 0.3) is 0 Å². The van der Waals surface area contributed by atoms with Gasteiger partial charge in [0.1, 0.15) is 0 Å². The van der Waals surface area contributed by atoms with Crippen LogP contribution in [0.15, 0.2) is 231 Å². The molecule has 0 aliphatic heterocycles. The molecule has 0 unspecified atom stereocenters. The topological polar surface area (TPSA) is 9.86 Å². The van der Waals surface area contributed by atoms with Gasteiger partial charge < -0.3 is 9.13 Å². The van der Waals surface area contributed by atoms with Gasteiger partial charge >= 0.3 is 0 Å². The highest BCUT2D eigenvalue weighted by atomic mass is 15.0. The lowest BCUT2D eigenvalue weighted by atomic mass is 9.93. The summed E-state index contributed by atoms with van der Waals surface area (Å²) < 4.78 is 4.93. The predicted octanol–water partition coefficient (Wildman–Crippen LogP) is 16.8. The Morgan fingerprint density at radius 1 is 0.250 bits per heavy atom. The molecular weight excluding hydrogens is 773 g/mol. The van der Waals surface area contributed by atoms with Crippen molar-refractivity contribution in [2.75, 3.05) is 0 Å². The second-order valence-electron chi connectivity index (χ2n) is 17.2. The van der Waals surface area contributed by atoms with E-state index in [2.05, 4.69) is 240 Å². The van der Waals surface area contributed by atoms with Crippen LogP contribution in [-0.4, -0.2) is 9.13 Å². The monoisotopic (exact) mass is 810 g/mol. The predicted molar refractivity (Wildman–Crippen MR) is 271 cm³/mol. The van der Waals surface area contributed by atoms with E-state index in [1.807, 2.05) is 0 Å². The highest BCUT2D eigenvalue weighted by Gasteiger charge is 2.23. The van der Waals surface area contributed by atoms with Crippen molar-refractivity contribution in [1.29, 1.82) is 0 Å². The van der Waals surface area contributed by atoms with Crippen LogP contribution in [0.25, 0.3) is 132 Å². The summed E-state index contributed by atoms with van der Waals surface area (Å²) in [4.78, 5) is 0. The van der Waals surface area contributed by atoms with E-state index in [0.29, 0.717) is 0 Å². The lowest BCUT2D eigenvalue weighted by Crippen LogP contribution is -1.98. The quantitative estimate of drug-likeness (QED) is 0.164. The molecule has 0 fully saturated rings. The maximum absolute atomic E-state index is 2.53. The van der Waals surface area contributed by atoms with Crippen LogP contribution >= 0.6 is 0 Å². The number of rotatable bonds is 5. The van der Waals surface area contributed by atoms with Gasteiger partial charge in [-0.1, -0.05) is 194 Å². The molecule has 1 aliphatic carbocycles. The molecule has 11 aromatic carbocycles. The van der Waals surface area contributed by atoms with Gasteiger partial charge in [0.2, 0.25) is 0 Å². The van der Waals surface area contributed by atoms with Crippen molar-refractivity contribution in [3.63, 3.8) is 0 Å². The summed E-state index contributed by atoms with van der Waals surface area (Å²) in [5.74, 6) is 0. The van der Waals surface area contributed by atoms with E-state index in [4.69, 9.17) is 0 Å². The van der Waals surface area contributed by atoms with E-state index in [9.17, 15) is 0 Å². The van der Waals surface area contributed by atoms with Gasteiger partial charge in [0, 0.05) is 38.2 Å². The minimum absolute atomic E-state index is 1.16. The molecule has 2 aromatic heterocycles. The molecule has 2 nitrogen and oxygen atoms in total. The van der Waals surface area contributed by atoms with Gasteiger partial charge in [0.15, 0.2) is 0 Å². The maximum atomic E-state index is 2.53. The molecule has 0 atom stereocenters. The van der Waals surface area contributed by atoms with Gasteiger partial charge in [-0.25, -0.2) is 0 Å². The summed E-state index contributed by atoms with van der Waals surface area (Å²) in [5.41, 5.74) is 19.7. The second-order valence-corrected chi connectivity index (χ2v) is 17.2. The first-order valence-corrected chi connectivity index (χ1v) is 22.2. The van der Waals surface area contributed by atoms with Crippen molar-refractivity contribution in [1.82, 2.24) is 9.13 Å². The van der Waals surface area contributed by atoms with Crippen LogP contribution in [0.2, 0.25) is 0 Å². The van der Waals surface area contributed by atoms with Crippen LogP contribution in [0.5, 0.6) is 0 Å². The Morgan fingerprint density at radius 2 is 0.766 bits per heavy atom. The normalized spacial score (nSPS) is 12.1. The van der Waals surface area contributed by atoms with Crippen LogP contribution < -0.4 is 0 Å². The Balaban J connectivity index is 0.949. The molecule has 0 radical (unpaired) electrons. The van der Waals surface area contributed by atoms with E-state index >= 15 is 0 Å². The molecule has 64 heavy (non-hydrogen) atoms. The molecule has 2 heteroatoms. The molecule has 0 spiro atoms. The SMILES string of the molecule is c1ccc(-n2c3ccccc3c3ccc(-c4ccc5c6ccc7ccccc7c6n(-c6ccccc6-c6ccc(-c7ccc8c9c(cccc79)-c7ccccc7-8)cc6)c5c4)cc32)cc1. The van der Waals surface area contributed by atoms with E-state index < -0.39 is 0 Å². The maximum Gasteiger partial charge on any atom is 0.0619 e. The first-order valence-electron chi connectivity index (χ1n) is 22.2. The second kappa shape index (κ2) is 13.5. The first kappa shape index (κ1) is 35.2. The smallest absolute Gasteiger partial charge is 0.0619 e. The first-order chi connectivity index (χ1) is 31.8. The molecule has 0 saturated heterocycles. The van der Waals surface area contributed by atoms with Gasteiger partial charge in [-0.15, -0.1) is 0 Å². The van der Waals surface area contributed by atoms with Gasteiger partial charge in [-0.05, 0) is 103 Å². The molecule has 13 aromatic rings. The zero-order chi connectivity index (χ0) is 41.9. The van der Waals surface area contributed by atoms with Crippen molar-refractivity contribution in [3.8, 4) is 67.0 Å². The van der Waals surface area contributed by atoms with Gasteiger partial charge in [-0.3, -0.25) is 0 Å². The van der Waals surface area contributed by atoms with Crippen molar-refractivity contribution >= 4 is 65.2 Å². The Morgan fingerprint density at radius 3 is 1.55 bits per heavy atom. The van der Waals surface area contributed by atoms with Crippen molar-refractivity contribution in [3.05, 3.63) is 231 Å². The highest BCUT2D eigenvalue weighted by molar-refractivity contribution is 6.20. The summed E-state index contributed by atoms with van der Waals surface area (Å²) in [6.45, 7) is 0. The molecule has 0 N–H and O–H groups in total. The van der Waals surface area contributed by atoms with Crippen molar-refractivity contribution in [2.45, 2.75) is 0 Å². The summed E-state index contributed by atoms with van der Waals surface area (Å²) in [5, 5.41) is 10.1. The Kier molecular flexibility index (Phi) is 7.43. The number of nitrogens with zero attached hydrogens (tertiary/aromatic N) is 2. The number of hydrogen-bond donors (Lipinski definition) is 0. The largest absolute Gasteiger partial charge is 0.309 e. The van der Waals surface area contributed by atoms with E-state index in [0.717, 1.165) is 11.4 Å². The molecule has 296 valence electrons. The molecule has 0 amide bonds. The number of fused-ring (bicyclic) bond motifs is 11. The summed E-state index contributed by atoms with van der Waals surface area (Å²) in [6, 6.07) is 85.3. The average molecular weight is 811 g/mol. The van der Waals surface area contributed by atoms with Gasteiger partial charge in [-0.2, -0.15) is 0 Å². The Labute approximate surface area is 370 Å². The molecule has 0 bridgehead atoms. The number of benzene rings is 11. The fourth-order valence-corrected chi connectivity index (χ4v) is 11.0. The minimum Gasteiger partial charge on any atom is -0.309 e. The average Bonchev–Trinajstić information content (AvgIpc) is 4.00. The third kappa shape index (κ3) is 5.02.